The van der Waals surface area contributed by atoms with Crippen LogP contribution in [0.15, 0.2) is 72.3 Å². The molecule has 154 valence electrons. The van der Waals surface area contributed by atoms with Gasteiger partial charge in [0, 0.05) is 23.2 Å². The zero-order chi connectivity index (χ0) is 21.8. The molecule has 0 saturated carbocycles. The molecule has 2 heterocycles. The molecule has 2 aromatic heterocycles. The molecule has 0 aliphatic heterocycles. The normalized spacial score (nSPS) is 13.3. The van der Waals surface area contributed by atoms with Gasteiger partial charge in [-0.15, -0.1) is 0 Å². The summed E-state index contributed by atoms with van der Waals surface area (Å²) in [5.41, 5.74) is 2.89. The number of allylic oxidation sites excluding steroid dienone is 1. The molecule has 6 heteroatoms. The summed E-state index contributed by atoms with van der Waals surface area (Å²) in [6, 6.07) is 21.3. The molecule has 0 saturated heterocycles. The highest BCUT2D eigenvalue weighted by atomic mass is 32.1. The number of ketones is 2. The lowest BCUT2D eigenvalue weighted by molar-refractivity contribution is 0.0990. The minimum Gasteiger partial charge on any atom is -0.309 e. The monoisotopic (exact) mass is 435 g/mol. The molecule has 0 radical (unpaired) electrons. The number of thiazole rings is 1. The third kappa shape index (κ3) is 2.77. The zero-order valence-electron chi connectivity index (χ0n) is 17.2. The third-order valence-electron chi connectivity index (χ3n) is 5.82. The Morgan fingerprint density at radius 1 is 0.875 bits per heavy atom. The number of carbonyl (C=O) groups is 2. The van der Waals surface area contributed by atoms with Gasteiger partial charge in [-0.3, -0.25) is 9.59 Å². The van der Waals surface area contributed by atoms with E-state index in [1.807, 2.05) is 78.2 Å². The Hall–Kier alpha value is -3.90. The van der Waals surface area contributed by atoms with Gasteiger partial charge in [0.15, 0.2) is 22.0 Å². The Balaban J connectivity index is 1.45. The molecule has 0 atom stereocenters. The lowest BCUT2D eigenvalue weighted by Crippen LogP contribution is -2.04. The van der Waals surface area contributed by atoms with E-state index in [4.69, 9.17) is 9.97 Å². The van der Waals surface area contributed by atoms with Crippen LogP contribution >= 0.6 is 11.3 Å². The predicted octanol–water partition coefficient (Wildman–Crippen LogP) is 5.80. The van der Waals surface area contributed by atoms with Crippen molar-refractivity contribution in [2.45, 2.75) is 13.5 Å². The average molecular weight is 436 g/mol. The van der Waals surface area contributed by atoms with E-state index in [2.05, 4.69) is 0 Å². The van der Waals surface area contributed by atoms with E-state index < -0.39 is 0 Å². The van der Waals surface area contributed by atoms with Gasteiger partial charge >= 0.3 is 0 Å². The Morgan fingerprint density at radius 3 is 2.12 bits per heavy atom. The Kier molecular flexibility index (Phi) is 4.16. The highest BCUT2D eigenvalue weighted by Crippen LogP contribution is 2.34. The van der Waals surface area contributed by atoms with Gasteiger partial charge in [-0.25, -0.2) is 9.97 Å². The maximum absolute atomic E-state index is 13.1. The number of imidazole rings is 1. The second-order valence-electron chi connectivity index (χ2n) is 7.69. The summed E-state index contributed by atoms with van der Waals surface area (Å²) in [7, 11) is 0. The summed E-state index contributed by atoms with van der Waals surface area (Å²) in [5.74, 6) is 0.0836. The topological polar surface area (TPSA) is 64.8 Å². The molecule has 0 spiro atoms. The van der Waals surface area contributed by atoms with Crippen molar-refractivity contribution >= 4 is 50.2 Å². The molecule has 32 heavy (non-hydrogen) atoms. The minimum absolute atomic E-state index is 0.158. The van der Waals surface area contributed by atoms with Gasteiger partial charge in [-0.05, 0) is 35.9 Å². The molecule has 0 N–H and O–H groups in total. The highest BCUT2D eigenvalue weighted by Gasteiger charge is 2.34. The number of hydrogen-bond donors (Lipinski definition) is 0. The number of aryl methyl sites for hydroxylation is 1. The van der Waals surface area contributed by atoms with Gasteiger partial charge < -0.3 is 4.57 Å². The Morgan fingerprint density at radius 2 is 1.50 bits per heavy atom. The zero-order valence-corrected chi connectivity index (χ0v) is 18.0. The molecule has 1 aliphatic carbocycles. The first-order valence-electron chi connectivity index (χ1n) is 10.4. The molecule has 1 aliphatic rings. The second-order valence-corrected chi connectivity index (χ2v) is 8.67. The molecule has 0 bridgehead atoms. The van der Waals surface area contributed by atoms with Gasteiger partial charge in [0.1, 0.15) is 10.8 Å². The summed E-state index contributed by atoms with van der Waals surface area (Å²) in [6.07, 6.45) is 1.62. The van der Waals surface area contributed by atoms with Crippen LogP contribution in [0, 0.1) is 0 Å². The van der Waals surface area contributed by atoms with E-state index in [1.54, 1.807) is 6.08 Å². The summed E-state index contributed by atoms with van der Waals surface area (Å²) in [4.78, 5) is 36.5. The van der Waals surface area contributed by atoms with E-state index in [0.29, 0.717) is 23.5 Å². The number of rotatable bonds is 3. The van der Waals surface area contributed by atoms with Crippen LogP contribution in [0.4, 0.5) is 0 Å². The summed E-state index contributed by atoms with van der Waals surface area (Å²) in [6.45, 7) is 2.64. The van der Waals surface area contributed by atoms with Gasteiger partial charge in [0.05, 0.1) is 5.57 Å². The van der Waals surface area contributed by atoms with Crippen LogP contribution in [-0.2, 0) is 6.54 Å². The summed E-state index contributed by atoms with van der Waals surface area (Å²) in [5, 5.41) is 2.79. The molecule has 0 unspecified atom stereocenters. The Labute approximate surface area is 187 Å². The molecule has 5 nitrogen and oxygen atoms in total. The molecule has 5 aromatic rings. The van der Waals surface area contributed by atoms with Crippen molar-refractivity contribution in [1.82, 2.24) is 14.5 Å². The first kappa shape index (κ1) is 18.8. The van der Waals surface area contributed by atoms with E-state index in [0.717, 1.165) is 31.8 Å². The van der Waals surface area contributed by atoms with Crippen molar-refractivity contribution in [3.8, 4) is 10.6 Å². The van der Waals surface area contributed by atoms with Crippen LogP contribution < -0.4 is 0 Å². The second kappa shape index (κ2) is 7.07. The first-order valence-corrected chi connectivity index (χ1v) is 11.2. The first-order chi connectivity index (χ1) is 15.6. The largest absolute Gasteiger partial charge is 0.309 e. The third-order valence-corrected chi connectivity index (χ3v) is 6.80. The molecule has 6 rings (SSSR count). The van der Waals surface area contributed by atoms with Crippen LogP contribution in [0.2, 0.25) is 0 Å². The van der Waals surface area contributed by atoms with E-state index in [-0.39, 0.29) is 17.1 Å². The highest BCUT2D eigenvalue weighted by molar-refractivity contribution is 7.21. The fourth-order valence-corrected chi connectivity index (χ4v) is 5.18. The molecule has 0 fully saturated rings. The number of benzene rings is 3. The number of carbonyl (C=O) groups excluding carboxylic acids is 2. The van der Waals surface area contributed by atoms with Gasteiger partial charge in [-0.1, -0.05) is 65.9 Å². The van der Waals surface area contributed by atoms with E-state index in [9.17, 15) is 9.59 Å². The number of aromatic nitrogens is 3. The van der Waals surface area contributed by atoms with Crippen molar-refractivity contribution in [3.05, 3.63) is 89.3 Å². The van der Waals surface area contributed by atoms with Crippen LogP contribution in [0.5, 0.6) is 0 Å². The van der Waals surface area contributed by atoms with Crippen molar-refractivity contribution in [1.29, 1.82) is 0 Å². The van der Waals surface area contributed by atoms with Gasteiger partial charge in [0.25, 0.3) is 0 Å². The van der Waals surface area contributed by atoms with Crippen molar-refractivity contribution < 1.29 is 9.59 Å². The fraction of sp³-hybridized carbons (Fsp3) is 0.0769. The molecular formula is C26H17N3O2S. The standard InChI is InChI=1S/C26H17N3O2S/c1-2-29-21(27-26-24(29)28-25(32-26)15-8-4-3-5-9-15)14-20-22(30)18-12-16-10-6-7-11-17(16)13-19(18)23(20)31/h3-14H,2H2,1H3. The van der Waals surface area contributed by atoms with Crippen molar-refractivity contribution in [3.63, 3.8) is 0 Å². The lowest BCUT2D eigenvalue weighted by Gasteiger charge is -2.02. The molecular weight excluding hydrogens is 418 g/mol. The van der Waals surface area contributed by atoms with Crippen LogP contribution in [-0.4, -0.2) is 26.1 Å². The predicted molar refractivity (Wildman–Crippen MR) is 127 cm³/mol. The SMILES string of the molecule is CCn1c(C=C2C(=O)c3cc4ccccc4cc3C2=O)nc2sc(-c3ccccc3)nc21. The van der Waals surface area contributed by atoms with Gasteiger partial charge in [0.2, 0.25) is 0 Å². The van der Waals surface area contributed by atoms with Gasteiger partial charge in [-0.2, -0.15) is 0 Å². The molecule has 0 amide bonds. The maximum Gasteiger partial charge on any atom is 0.197 e. The smallest absolute Gasteiger partial charge is 0.197 e. The maximum atomic E-state index is 13.1. The number of nitrogens with zero attached hydrogens (tertiary/aromatic N) is 3. The summed E-state index contributed by atoms with van der Waals surface area (Å²) >= 11 is 1.51. The van der Waals surface area contributed by atoms with Crippen molar-refractivity contribution in [2.75, 3.05) is 0 Å². The molecule has 3 aromatic carbocycles. The van der Waals surface area contributed by atoms with E-state index in [1.165, 1.54) is 11.3 Å². The van der Waals surface area contributed by atoms with Crippen molar-refractivity contribution in [2.24, 2.45) is 0 Å². The van der Waals surface area contributed by atoms with E-state index >= 15 is 0 Å². The number of Topliss-reactive ketones (excluding diaryl/α,β-unsaturated/α-hetero) is 2. The Bertz CT molecular complexity index is 1540. The number of hydrogen-bond acceptors (Lipinski definition) is 5. The minimum atomic E-state index is -0.248. The average Bonchev–Trinajstić information content (AvgIpc) is 3.45. The quantitative estimate of drug-likeness (QED) is 0.266. The van der Waals surface area contributed by atoms with Crippen LogP contribution in [0.25, 0.3) is 37.9 Å². The lowest BCUT2D eigenvalue weighted by atomic mass is 10.0. The van der Waals surface area contributed by atoms with Crippen LogP contribution in [0.3, 0.4) is 0 Å². The van der Waals surface area contributed by atoms with Crippen LogP contribution in [0.1, 0.15) is 33.5 Å². The summed E-state index contributed by atoms with van der Waals surface area (Å²) < 4.78 is 1.95. The number of fused-ring (bicyclic) bond motifs is 3. The fourth-order valence-electron chi connectivity index (χ4n) is 4.22.